The zero-order valence-corrected chi connectivity index (χ0v) is 10.4. The first-order chi connectivity index (χ1) is 8.61. The van der Waals surface area contributed by atoms with Crippen LogP contribution in [-0.4, -0.2) is 50.4 Å². The van der Waals surface area contributed by atoms with Crippen molar-refractivity contribution in [3.8, 4) is 0 Å². The molecule has 0 aliphatic rings. The van der Waals surface area contributed by atoms with Gasteiger partial charge in [0.05, 0.1) is 24.9 Å². The van der Waals surface area contributed by atoms with E-state index in [1.807, 2.05) is 10.6 Å². The largest absolute Gasteiger partial charge is 0.394 e. The topological polar surface area (TPSA) is 94.7 Å². The number of imidazole rings is 1. The first-order valence-corrected chi connectivity index (χ1v) is 5.63. The molecule has 0 radical (unpaired) electrons. The molecule has 0 saturated heterocycles. The Morgan fingerprint density at radius 3 is 2.72 bits per heavy atom. The van der Waals surface area contributed by atoms with Gasteiger partial charge in [-0.1, -0.05) is 0 Å². The summed E-state index contributed by atoms with van der Waals surface area (Å²) in [4.78, 5) is 8.54. The van der Waals surface area contributed by atoms with Gasteiger partial charge < -0.3 is 25.2 Å². The number of aromatic nitrogens is 3. The number of anilines is 2. The average Bonchev–Trinajstić information content (AvgIpc) is 2.86. The van der Waals surface area contributed by atoms with E-state index >= 15 is 0 Å². The predicted molar refractivity (Wildman–Crippen MR) is 68.7 cm³/mol. The van der Waals surface area contributed by atoms with E-state index in [-0.39, 0.29) is 13.2 Å². The standard InChI is InChI=1S/C11H17N5O2/c1-11(6-17,7-18)15-9-10-13-3-4-16(10)5-8(12-2)14-9/h3-5,12,17-18H,6-7H2,1-2H3,(H,14,15). The third-order valence-corrected chi connectivity index (χ3v) is 2.75. The molecule has 0 amide bonds. The molecule has 0 fully saturated rings. The van der Waals surface area contributed by atoms with E-state index in [0.29, 0.717) is 17.3 Å². The molecule has 98 valence electrons. The lowest BCUT2D eigenvalue weighted by atomic mass is 10.1. The van der Waals surface area contributed by atoms with Crippen LogP contribution in [0.25, 0.3) is 5.65 Å². The average molecular weight is 251 g/mol. The van der Waals surface area contributed by atoms with Crippen LogP contribution in [0.5, 0.6) is 0 Å². The summed E-state index contributed by atoms with van der Waals surface area (Å²) >= 11 is 0. The second kappa shape index (κ2) is 4.79. The molecule has 0 aliphatic carbocycles. The summed E-state index contributed by atoms with van der Waals surface area (Å²) in [5.41, 5.74) is -0.201. The number of hydrogen-bond acceptors (Lipinski definition) is 6. The van der Waals surface area contributed by atoms with Gasteiger partial charge in [0.1, 0.15) is 5.82 Å². The Morgan fingerprint density at radius 2 is 2.11 bits per heavy atom. The first-order valence-electron chi connectivity index (χ1n) is 5.63. The van der Waals surface area contributed by atoms with Gasteiger partial charge in [-0.15, -0.1) is 0 Å². The molecule has 2 rings (SSSR count). The number of nitrogens with zero attached hydrogens (tertiary/aromatic N) is 3. The number of aliphatic hydroxyl groups excluding tert-OH is 2. The number of aliphatic hydroxyl groups is 2. The smallest absolute Gasteiger partial charge is 0.180 e. The van der Waals surface area contributed by atoms with Crippen LogP contribution in [-0.2, 0) is 0 Å². The Labute approximate surface area is 105 Å². The van der Waals surface area contributed by atoms with Crippen molar-refractivity contribution in [2.24, 2.45) is 0 Å². The van der Waals surface area contributed by atoms with Gasteiger partial charge in [-0.25, -0.2) is 9.97 Å². The van der Waals surface area contributed by atoms with Gasteiger partial charge in [0, 0.05) is 19.4 Å². The summed E-state index contributed by atoms with van der Waals surface area (Å²) in [5.74, 6) is 1.18. The highest BCUT2D eigenvalue weighted by molar-refractivity contribution is 5.66. The molecule has 0 saturated carbocycles. The Balaban J connectivity index is 2.45. The van der Waals surface area contributed by atoms with E-state index in [1.54, 1.807) is 26.4 Å². The van der Waals surface area contributed by atoms with Crippen LogP contribution >= 0.6 is 0 Å². The fraction of sp³-hybridized carbons (Fsp3) is 0.455. The highest BCUT2D eigenvalue weighted by Gasteiger charge is 2.24. The van der Waals surface area contributed by atoms with Crippen LogP contribution < -0.4 is 10.6 Å². The maximum absolute atomic E-state index is 9.30. The van der Waals surface area contributed by atoms with E-state index in [9.17, 15) is 10.2 Å². The molecule has 7 nitrogen and oxygen atoms in total. The Hall–Kier alpha value is -1.86. The van der Waals surface area contributed by atoms with Gasteiger partial charge in [-0.05, 0) is 6.92 Å². The molecule has 0 aromatic carbocycles. The van der Waals surface area contributed by atoms with E-state index in [4.69, 9.17) is 0 Å². The monoisotopic (exact) mass is 251 g/mol. The van der Waals surface area contributed by atoms with Gasteiger partial charge in [0.25, 0.3) is 0 Å². The minimum atomic E-state index is -0.841. The number of nitrogens with one attached hydrogen (secondary N) is 2. The van der Waals surface area contributed by atoms with Crippen LogP contribution in [0.3, 0.4) is 0 Å². The molecule has 0 unspecified atom stereocenters. The Bertz CT molecular complexity index is 535. The molecule has 7 heteroatoms. The minimum absolute atomic E-state index is 0.207. The normalized spacial score (nSPS) is 11.8. The van der Waals surface area contributed by atoms with Gasteiger partial charge in [-0.3, -0.25) is 0 Å². The molecule has 2 aromatic rings. The van der Waals surface area contributed by atoms with Crippen molar-refractivity contribution in [3.63, 3.8) is 0 Å². The van der Waals surface area contributed by atoms with Crippen molar-refractivity contribution >= 4 is 17.3 Å². The second-order valence-electron chi connectivity index (χ2n) is 4.38. The summed E-state index contributed by atoms with van der Waals surface area (Å²) in [6, 6.07) is 0. The summed E-state index contributed by atoms with van der Waals surface area (Å²) in [7, 11) is 1.77. The molecule has 0 spiro atoms. The SMILES string of the molecule is CNc1cn2ccnc2c(NC(C)(CO)CO)n1. The van der Waals surface area contributed by atoms with Crippen LogP contribution in [0, 0.1) is 0 Å². The van der Waals surface area contributed by atoms with Crippen molar-refractivity contribution in [3.05, 3.63) is 18.6 Å². The molecule has 4 N–H and O–H groups in total. The molecule has 18 heavy (non-hydrogen) atoms. The highest BCUT2D eigenvalue weighted by Crippen LogP contribution is 2.20. The molecule has 0 atom stereocenters. The van der Waals surface area contributed by atoms with Crippen LogP contribution in [0.1, 0.15) is 6.92 Å². The molecule has 2 heterocycles. The zero-order valence-electron chi connectivity index (χ0n) is 10.4. The minimum Gasteiger partial charge on any atom is -0.394 e. The van der Waals surface area contributed by atoms with Crippen molar-refractivity contribution in [1.82, 2.24) is 14.4 Å². The van der Waals surface area contributed by atoms with Crippen molar-refractivity contribution in [2.45, 2.75) is 12.5 Å². The van der Waals surface area contributed by atoms with Crippen molar-refractivity contribution in [1.29, 1.82) is 0 Å². The van der Waals surface area contributed by atoms with Gasteiger partial charge in [-0.2, -0.15) is 0 Å². The molecule has 0 bridgehead atoms. The van der Waals surface area contributed by atoms with Crippen molar-refractivity contribution < 1.29 is 10.2 Å². The van der Waals surface area contributed by atoms with Gasteiger partial charge in [0.15, 0.2) is 11.5 Å². The molecule has 0 aliphatic heterocycles. The summed E-state index contributed by atoms with van der Waals surface area (Å²) in [5, 5.41) is 24.6. The van der Waals surface area contributed by atoms with Crippen LogP contribution in [0.2, 0.25) is 0 Å². The Morgan fingerprint density at radius 1 is 1.39 bits per heavy atom. The van der Waals surface area contributed by atoms with E-state index in [0.717, 1.165) is 0 Å². The van der Waals surface area contributed by atoms with Crippen LogP contribution in [0.15, 0.2) is 18.6 Å². The summed E-state index contributed by atoms with van der Waals surface area (Å²) < 4.78 is 1.82. The Kier molecular flexibility index (Phi) is 3.35. The van der Waals surface area contributed by atoms with Crippen LogP contribution in [0.4, 0.5) is 11.6 Å². The van der Waals surface area contributed by atoms with Crippen molar-refractivity contribution in [2.75, 3.05) is 30.9 Å². The lowest BCUT2D eigenvalue weighted by Gasteiger charge is -2.27. The third-order valence-electron chi connectivity index (χ3n) is 2.75. The maximum atomic E-state index is 9.30. The zero-order chi connectivity index (χ0) is 13.2. The third kappa shape index (κ3) is 2.22. The predicted octanol–water partition coefficient (Wildman–Crippen LogP) is -0.0738. The number of hydrogen-bond donors (Lipinski definition) is 4. The lowest BCUT2D eigenvalue weighted by Crippen LogP contribution is -2.43. The molecular weight excluding hydrogens is 234 g/mol. The van der Waals surface area contributed by atoms with Gasteiger partial charge >= 0.3 is 0 Å². The fourth-order valence-corrected chi connectivity index (χ4v) is 1.55. The maximum Gasteiger partial charge on any atom is 0.180 e. The van der Waals surface area contributed by atoms with E-state index in [1.165, 1.54) is 0 Å². The molecular formula is C11H17N5O2. The fourth-order valence-electron chi connectivity index (χ4n) is 1.55. The van der Waals surface area contributed by atoms with Gasteiger partial charge in [0.2, 0.25) is 0 Å². The van der Waals surface area contributed by atoms with E-state index in [2.05, 4.69) is 20.6 Å². The first kappa shape index (κ1) is 12.6. The molecule has 2 aromatic heterocycles. The lowest BCUT2D eigenvalue weighted by molar-refractivity contribution is 0.147. The number of fused-ring (bicyclic) bond motifs is 1. The second-order valence-corrected chi connectivity index (χ2v) is 4.38. The summed E-state index contributed by atoms with van der Waals surface area (Å²) in [6.07, 6.45) is 5.28. The quantitative estimate of drug-likeness (QED) is 0.594. The summed E-state index contributed by atoms with van der Waals surface area (Å²) in [6.45, 7) is 1.30. The highest BCUT2D eigenvalue weighted by atomic mass is 16.3. The van der Waals surface area contributed by atoms with E-state index < -0.39 is 5.54 Å². The number of rotatable bonds is 5.